The highest BCUT2D eigenvalue weighted by Crippen LogP contribution is 2.57. The topological polar surface area (TPSA) is 216 Å². The van der Waals surface area contributed by atoms with Crippen molar-refractivity contribution in [1.29, 1.82) is 0 Å². The minimum Gasteiger partial charge on any atom is -0.479 e. The van der Waals surface area contributed by atoms with Crippen molar-refractivity contribution in [1.82, 2.24) is 24.5 Å². The van der Waals surface area contributed by atoms with Gasteiger partial charge in [0.25, 0.3) is 0 Å². The number of aromatic nitrogens is 5. The van der Waals surface area contributed by atoms with Gasteiger partial charge >= 0.3 is 11.9 Å². The summed E-state index contributed by atoms with van der Waals surface area (Å²) in [5.41, 5.74) is 6.23. The summed E-state index contributed by atoms with van der Waals surface area (Å²) >= 11 is 7.15. The van der Waals surface area contributed by atoms with Crippen LogP contribution in [0, 0.1) is 0 Å². The van der Waals surface area contributed by atoms with Gasteiger partial charge in [-0.25, -0.2) is 19.6 Å². The number of nitrogen functional groups attached to an aromatic ring is 1. The van der Waals surface area contributed by atoms with Crippen molar-refractivity contribution in [3.63, 3.8) is 0 Å². The summed E-state index contributed by atoms with van der Waals surface area (Å²) in [7, 11) is 0. The molecule has 5 aromatic rings. The van der Waals surface area contributed by atoms with E-state index in [4.69, 9.17) is 31.9 Å². The van der Waals surface area contributed by atoms with E-state index in [9.17, 15) is 24.9 Å². The Balaban J connectivity index is 1.15. The Morgan fingerprint density at radius 3 is 2.36 bits per heavy atom. The maximum atomic E-state index is 13.0. The lowest BCUT2D eigenvalue weighted by Crippen LogP contribution is -2.46. The zero-order chi connectivity index (χ0) is 31.7. The molecule has 0 spiro atoms. The fourth-order valence-electron chi connectivity index (χ4n) is 5.74. The number of anilines is 1. The number of nitrogens with zero attached hydrogens (tertiary/aromatic N) is 5. The molecule has 6 N–H and O–H groups in total. The van der Waals surface area contributed by atoms with Crippen molar-refractivity contribution in [3.8, 4) is 11.1 Å². The second-order valence-electron chi connectivity index (χ2n) is 10.8. The molecule has 4 heterocycles. The van der Waals surface area contributed by atoms with Crippen LogP contribution in [0.25, 0.3) is 22.3 Å². The summed E-state index contributed by atoms with van der Waals surface area (Å²) in [6, 6.07) is 13.4. The normalized spacial score (nSPS) is 25.1. The number of ether oxygens (including phenoxy) is 2. The highest BCUT2D eigenvalue weighted by Gasteiger charge is 2.79. The van der Waals surface area contributed by atoms with Gasteiger partial charge in [-0.2, -0.15) is 9.97 Å². The van der Waals surface area contributed by atoms with Crippen LogP contribution >= 0.6 is 22.9 Å². The highest BCUT2D eigenvalue weighted by molar-refractivity contribution is 7.07. The van der Waals surface area contributed by atoms with Crippen molar-refractivity contribution in [2.24, 2.45) is 0 Å². The van der Waals surface area contributed by atoms with Gasteiger partial charge in [0.2, 0.25) is 10.9 Å². The van der Waals surface area contributed by atoms with Crippen molar-refractivity contribution in [2.75, 3.05) is 5.73 Å². The van der Waals surface area contributed by atoms with Crippen LogP contribution in [-0.4, -0.2) is 80.8 Å². The van der Waals surface area contributed by atoms with Gasteiger partial charge in [-0.1, -0.05) is 36.4 Å². The third kappa shape index (κ3) is 4.63. The molecule has 1 saturated heterocycles. The number of rotatable bonds is 9. The van der Waals surface area contributed by atoms with Gasteiger partial charge in [0.15, 0.2) is 23.3 Å². The number of carbonyl (C=O) groups is 2. The number of aliphatic carboxylic acids is 1. The molecule has 1 saturated carbocycles. The van der Waals surface area contributed by atoms with Crippen LogP contribution in [0.3, 0.4) is 0 Å². The molecule has 16 heteroatoms. The molecule has 45 heavy (non-hydrogen) atoms. The number of aromatic carboxylic acids is 1. The van der Waals surface area contributed by atoms with Gasteiger partial charge in [-0.15, -0.1) is 11.3 Å². The van der Waals surface area contributed by atoms with Crippen molar-refractivity contribution in [2.45, 2.75) is 42.2 Å². The van der Waals surface area contributed by atoms with Crippen LogP contribution in [0.5, 0.6) is 0 Å². The first kappa shape index (κ1) is 29.2. The molecule has 3 aromatic heterocycles. The number of aliphatic hydroxyl groups is 2. The van der Waals surface area contributed by atoms with Crippen LogP contribution in [0.15, 0.2) is 65.7 Å². The summed E-state index contributed by atoms with van der Waals surface area (Å²) in [4.78, 5) is 40.6. The number of imidazole rings is 1. The highest BCUT2D eigenvalue weighted by atomic mass is 35.5. The largest absolute Gasteiger partial charge is 0.479 e. The second-order valence-corrected chi connectivity index (χ2v) is 11.8. The Kier molecular flexibility index (Phi) is 6.85. The summed E-state index contributed by atoms with van der Waals surface area (Å²) in [6.45, 7) is 0. The van der Waals surface area contributed by atoms with Crippen molar-refractivity contribution < 1.29 is 39.5 Å². The van der Waals surface area contributed by atoms with Gasteiger partial charge in [0.1, 0.15) is 23.8 Å². The molecule has 230 valence electrons. The van der Waals surface area contributed by atoms with E-state index < -0.39 is 47.7 Å². The second kappa shape index (κ2) is 10.5. The predicted octanol–water partition coefficient (Wildman–Crippen LogP) is 2.49. The number of nitrogens with two attached hydrogens (primary N) is 1. The summed E-state index contributed by atoms with van der Waals surface area (Å²) < 4.78 is 13.6. The third-order valence-corrected chi connectivity index (χ3v) is 8.95. The number of fused-ring (bicyclic) bond motifs is 2. The molecule has 2 aromatic carbocycles. The van der Waals surface area contributed by atoms with Gasteiger partial charge in [0.05, 0.1) is 23.1 Å². The molecule has 7 rings (SSSR count). The Bertz CT molecular complexity index is 1940. The summed E-state index contributed by atoms with van der Waals surface area (Å²) in [6.07, 6.45) is -3.85. The zero-order valence-electron chi connectivity index (χ0n) is 22.9. The first-order valence-corrected chi connectivity index (χ1v) is 14.8. The third-order valence-electron chi connectivity index (χ3n) is 8.19. The average Bonchev–Trinajstić information content (AvgIpc) is 3.52. The molecule has 6 atom stereocenters. The number of carboxylic acids is 2. The average molecular weight is 651 g/mol. The van der Waals surface area contributed by atoms with E-state index in [0.717, 1.165) is 11.1 Å². The predicted molar refractivity (Wildman–Crippen MR) is 158 cm³/mol. The molecule has 0 radical (unpaired) electrons. The minimum atomic E-state index is -2.04. The standard InChI is InChI=1S/C29H23ClN6O8S/c30-27-34-22(31)18-23(35-27)36(11-32-18)24-19(37)29(42)20(43-24)21(29)44-28(26(40)41,17-10-45-12-33-17)9-13-1-3-14(4-2-13)15-5-7-16(8-6-15)25(38)39/h1-8,10-12,19-21,24,37,42H,9H2,(H,38,39)(H,40,41)(H2,31,34,35)/t19-,20+,21?,24+,28+,29-/m0/s1. The lowest BCUT2D eigenvalue weighted by atomic mass is 9.90. The van der Waals surface area contributed by atoms with E-state index >= 15 is 0 Å². The minimum absolute atomic E-state index is 0.0277. The molecule has 1 aliphatic heterocycles. The number of hydrogen-bond acceptors (Lipinski definition) is 12. The quantitative estimate of drug-likeness (QED) is 0.145. The molecular formula is C29H23ClN6O8S. The summed E-state index contributed by atoms with van der Waals surface area (Å²) in [5.74, 6) is -2.34. The van der Waals surface area contributed by atoms with E-state index in [0.29, 0.717) is 5.56 Å². The molecule has 2 aliphatic rings. The number of halogens is 1. The Hall–Kier alpha value is -4.51. The number of benzene rings is 2. The maximum absolute atomic E-state index is 13.0. The number of thiazole rings is 1. The number of carboxylic acid groups (broad SMARTS) is 2. The van der Waals surface area contributed by atoms with Crippen LogP contribution < -0.4 is 5.73 Å². The van der Waals surface area contributed by atoms with E-state index in [2.05, 4.69) is 19.9 Å². The monoisotopic (exact) mass is 650 g/mol. The lowest BCUT2D eigenvalue weighted by molar-refractivity contribution is -0.186. The van der Waals surface area contributed by atoms with Gasteiger partial charge in [-0.3, -0.25) is 4.57 Å². The van der Waals surface area contributed by atoms with E-state index in [1.54, 1.807) is 41.8 Å². The van der Waals surface area contributed by atoms with Gasteiger partial charge in [0, 0.05) is 11.8 Å². The molecule has 0 amide bonds. The van der Waals surface area contributed by atoms with E-state index in [1.165, 1.54) is 39.9 Å². The number of aliphatic hydroxyl groups excluding tert-OH is 1. The molecule has 1 unspecified atom stereocenters. The Morgan fingerprint density at radius 2 is 1.78 bits per heavy atom. The van der Waals surface area contributed by atoms with Crippen LogP contribution in [0.2, 0.25) is 5.28 Å². The molecule has 1 aliphatic carbocycles. The zero-order valence-corrected chi connectivity index (χ0v) is 24.5. The fraction of sp³-hybridized carbons (Fsp3) is 0.241. The first-order valence-electron chi connectivity index (χ1n) is 13.5. The SMILES string of the molecule is Nc1nc(Cl)nc2c1ncn2[C@@H]1O[C@@H]2C(O[C@@](Cc3ccc(-c4ccc(C(=O)O)cc4)cc3)(C(=O)O)c3cscn3)[C@]2(O)[C@H]1O. The van der Waals surface area contributed by atoms with Crippen LogP contribution in [0.4, 0.5) is 5.82 Å². The number of hydrogen-bond donors (Lipinski definition) is 5. The summed E-state index contributed by atoms with van der Waals surface area (Å²) in [5, 5.41) is 43.9. The Morgan fingerprint density at radius 1 is 1.09 bits per heavy atom. The Labute approximate surface area is 262 Å². The molecule has 2 fully saturated rings. The maximum Gasteiger partial charge on any atom is 0.342 e. The van der Waals surface area contributed by atoms with Crippen LogP contribution in [-0.2, 0) is 26.3 Å². The lowest BCUT2D eigenvalue weighted by Gasteiger charge is -2.31. The van der Waals surface area contributed by atoms with Gasteiger partial charge < -0.3 is 35.6 Å². The molecule has 0 bridgehead atoms. The fourth-order valence-corrected chi connectivity index (χ4v) is 6.52. The van der Waals surface area contributed by atoms with Crippen molar-refractivity contribution >= 4 is 51.9 Å². The van der Waals surface area contributed by atoms with E-state index in [1.807, 2.05) is 0 Å². The molecule has 14 nitrogen and oxygen atoms in total. The smallest absolute Gasteiger partial charge is 0.342 e. The van der Waals surface area contributed by atoms with Crippen molar-refractivity contribution in [3.05, 3.63) is 87.9 Å². The van der Waals surface area contributed by atoms with E-state index in [-0.39, 0.29) is 39.9 Å². The van der Waals surface area contributed by atoms with Crippen LogP contribution in [0.1, 0.15) is 27.8 Å². The van der Waals surface area contributed by atoms with Gasteiger partial charge in [-0.05, 0) is 40.4 Å². The molecular weight excluding hydrogens is 628 g/mol. The first-order chi connectivity index (χ1) is 21.5.